The average Bonchev–Trinajstić information content (AvgIpc) is 2.92. The van der Waals surface area contributed by atoms with E-state index >= 15 is 0 Å². The first-order valence-corrected chi connectivity index (χ1v) is 17.3. The molecule has 5 N–H and O–H groups in total. The lowest BCUT2D eigenvalue weighted by molar-refractivity contribution is -0.128. The zero-order chi connectivity index (χ0) is 32.1. The van der Waals surface area contributed by atoms with Gasteiger partial charge in [0.25, 0.3) is 10.0 Å². The van der Waals surface area contributed by atoms with Crippen LogP contribution in [0.15, 0.2) is 76.0 Å². The molecule has 232 valence electrons. The van der Waals surface area contributed by atoms with Crippen molar-refractivity contribution in [3.63, 3.8) is 0 Å². The summed E-state index contributed by atoms with van der Waals surface area (Å²) in [5, 5.41) is 6.35. The van der Waals surface area contributed by atoms with Gasteiger partial charge in [-0.25, -0.2) is 8.42 Å². The van der Waals surface area contributed by atoms with Gasteiger partial charge >= 0.3 is 0 Å². The van der Waals surface area contributed by atoms with E-state index in [4.69, 9.17) is 5.73 Å². The fraction of sp³-hybridized carbons (Fsp3) is 0.323. The van der Waals surface area contributed by atoms with Crippen molar-refractivity contribution in [3.05, 3.63) is 83.4 Å². The van der Waals surface area contributed by atoms with Gasteiger partial charge in [0.15, 0.2) is 11.6 Å². The molecule has 13 heteroatoms. The van der Waals surface area contributed by atoms with Gasteiger partial charge in [0, 0.05) is 23.5 Å². The van der Waals surface area contributed by atoms with Crippen molar-refractivity contribution in [3.8, 4) is 0 Å². The normalized spacial score (nSPS) is 21.1. The van der Waals surface area contributed by atoms with E-state index in [1.807, 2.05) is 18.2 Å². The summed E-state index contributed by atoms with van der Waals surface area (Å²) in [5.41, 5.74) is 6.89. The van der Waals surface area contributed by atoms with E-state index in [-0.39, 0.29) is 34.1 Å². The number of nitrogen functional groups attached to an aromatic ring is 1. The number of nitrogens with one attached hydrogen (secondary N) is 3. The predicted octanol–water partition coefficient (Wildman–Crippen LogP) is 4.05. The van der Waals surface area contributed by atoms with Crippen LogP contribution in [0, 0.1) is 11.3 Å². The van der Waals surface area contributed by atoms with Crippen molar-refractivity contribution in [2.24, 2.45) is 15.7 Å². The van der Waals surface area contributed by atoms with Crippen LogP contribution in [-0.2, 0) is 36.9 Å². The number of Topliss-reactive ketones (excluding diaryl/α,β-unsaturated/α-hetero) is 2. The van der Waals surface area contributed by atoms with E-state index in [0.29, 0.717) is 29.7 Å². The SMILES string of the molecule is CC(C)(C)CCC1(NCc2ccccc2N)C(=O)C(C2=NS(=O)(=O)c3cc(NS(C)(=O)=O)ccc3N2)C(=O)c2ccccc21. The second kappa shape index (κ2) is 11.1. The Balaban J connectivity index is 1.62. The molecular formula is C31H35N5O6S2. The van der Waals surface area contributed by atoms with E-state index in [0.717, 1.165) is 17.9 Å². The van der Waals surface area contributed by atoms with Gasteiger partial charge < -0.3 is 11.1 Å². The van der Waals surface area contributed by atoms with Crippen LogP contribution in [0.4, 0.5) is 17.1 Å². The highest BCUT2D eigenvalue weighted by atomic mass is 32.2. The van der Waals surface area contributed by atoms with Crippen molar-refractivity contribution in [2.75, 3.05) is 22.0 Å². The molecule has 2 unspecified atom stereocenters. The first-order chi connectivity index (χ1) is 20.5. The number of amidine groups is 1. The molecule has 0 saturated carbocycles. The standard InChI is InChI=1S/C31H35N5O6S2/c1-30(2,3)15-16-31(33-18-19-9-5-8-12-23(19)32)22-11-7-6-10-21(22)27(37)26(28(31)38)29-34-24-14-13-20(35-43(4,39)40)17-25(24)44(41,42)36-29/h5-14,17,26,33,35H,15-16,18,32H2,1-4H3,(H,34,36). The number of hydrogen-bond acceptors (Lipinski definition) is 9. The van der Waals surface area contributed by atoms with Crippen molar-refractivity contribution in [1.82, 2.24) is 5.32 Å². The van der Waals surface area contributed by atoms with E-state index in [2.05, 4.69) is 40.5 Å². The van der Waals surface area contributed by atoms with E-state index in [1.165, 1.54) is 12.1 Å². The Hall–Kier alpha value is -4.07. The molecular weight excluding hydrogens is 603 g/mol. The number of hydrogen-bond donors (Lipinski definition) is 4. The molecule has 0 radical (unpaired) electrons. The van der Waals surface area contributed by atoms with Gasteiger partial charge in [-0.15, -0.1) is 4.40 Å². The zero-order valence-corrected chi connectivity index (χ0v) is 26.5. The third-order valence-electron chi connectivity index (χ3n) is 7.80. The second-order valence-electron chi connectivity index (χ2n) is 12.4. The quantitative estimate of drug-likeness (QED) is 0.210. The summed E-state index contributed by atoms with van der Waals surface area (Å²) in [5.74, 6) is -2.97. The molecule has 2 atom stereocenters. The Kier molecular flexibility index (Phi) is 7.93. The highest BCUT2D eigenvalue weighted by molar-refractivity contribution is 7.92. The Morgan fingerprint density at radius 2 is 1.70 bits per heavy atom. The number of rotatable bonds is 8. The highest BCUT2D eigenvalue weighted by Crippen LogP contribution is 2.43. The van der Waals surface area contributed by atoms with E-state index < -0.39 is 43.1 Å². The first kappa shape index (κ1) is 31.4. The van der Waals surface area contributed by atoms with Crippen LogP contribution in [0.2, 0.25) is 0 Å². The van der Waals surface area contributed by atoms with Crippen molar-refractivity contribution < 1.29 is 26.4 Å². The van der Waals surface area contributed by atoms with Crippen LogP contribution in [0.1, 0.15) is 55.1 Å². The maximum atomic E-state index is 14.8. The topological polar surface area (TPSA) is 177 Å². The smallest absolute Gasteiger partial charge is 0.286 e. The molecule has 44 heavy (non-hydrogen) atoms. The van der Waals surface area contributed by atoms with E-state index in [1.54, 1.807) is 30.3 Å². The van der Waals surface area contributed by atoms with Crippen molar-refractivity contribution in [2.45, 2.75) is 50.6 Å². The molecule has 1 aliphatic heterocycles. The van der Waals surface area contributed by atoms with E-state index in [9.17, 15) is 26.4 Å². The lowest BCUT2D eigenvalue weighted by atomic mass is 9.66. The van der Waals surface area contributed by atoms with Gasteiger partial charge in [-0.3, -0.25) is 19.6 Å². The van der Waals surface area contributed by atoms with Gasteiger partial charge in [-0.2, -0.15) is 8.42 Å². The fourth-order valence-electron chi connectivity index (χ4n) is 5.59. The summed E-state index contributed by atoms with van der Waals surface area (Å²) in [6.07, 6.45) is 1.86. The van der Waals surface area contributed by atoms with Crippen LogP contribution >= 0.6 is 0 Å². The summed E-state index contributed by atoms with van der Waals surface area (Å²) in [4.78, 5) is 28.5. The lowest BCUT2D eigenvalue weighted by Crippen LogP contribution is -2.59. The molecule has 3 aromatic carbocycles. The molecule has 0 saturated heterocycles. The Bertz CT molecular complexity index is 1920. The lowest BCUT2D eigenvalue weighted by Gasteiger charge is -2.43. The Morgan fingerprint density at radius 1 is 1.02 bits per heavy atom. The number of para-hydroxylation sites is 1. The molecule has 0 bridgehead atoms. The summed E-state index contributed by atoms with van der Waals surface area (Å²) in [6, 6.07) is 18.0. The van der Waals surface area contributed by atoms with Gasteiger partial charge in [-0.05, 0) is 53.6 Å². The molecule has 0 aromatic heterocycles. The summed E-state index contributed by atoms with van der Waals surface area (Å²) >= 11 is 0. The number of carbonyl (C=O) groups excluding carboxylic acids is 2. The Morgan fingerprint density at radius 3 is 2.39 bits per heavy atom. The average molecular weight is 638 g/mol. The highest BCUT2D eigenvalue weighted by Gasteiger charge is 2.54. The maximum Gasteiger partial charge on any atom is 0.286 e. The van der Waals surface area contributed by atoms with Crippen LogP contribution in [0.25, 0.3) is 0 Å². The molecule has 11 nitrogen and oxygen atoms in total. The largest absolute Gasteiger partial charge is 0.398 e. The number of nitrogens with zero attached hydrogens (tertiary/aromatic N) is 1. The second-order valence-corrected chi connectivity index (χ2v) is 15.7. The number of sulfonamides is 2. The van der Waals surface area contributed by atoms with Crippen molar-refractivity contribution >= 4 is 54.5 Å². The predicted molar refractivity (Wildman–Crippen MR) is 170 cm³/mol. The van der Waals surface area contributed by atoms with Gasteiger partial charge in [0.2, 0.25) is 10.0 Å². The van der Waals surface area contributed by atoms with Crippen LogP contribution in [0.5, 0.6) is 0 Å². The Labute approximate surface area is 257 Å². The molecule has 1 heterocycles. The molecule has 5 rings (SSSR count). The molecule has 2 aliphatic rings. The summed E-state index contributed by atoms with van der Waals surface area (Å²) in [7, 11) is -8.10. The molecule has 0 spiro atoms. The van der Waals surface area contributed by atoms with Gasteiger partial charge in [0.1, 0.15) is 22.2 Å². The first-order valence-electron chi connectivity index (χ1n) is 14.0. The number of nitrogens with two attached hydrogens (primary N) is 1. The monoisotopic (exact) mass is 637 g/mol. The van der Waals surface area contributed by atoms with Crippen LogP contribution in [-0.4, -0.2) is 40.5 Å². The zero-order valence-electron chi connectivity index (χ0n) is 24.8. The van der Waals surface area contributed by atoms with Gasteiger partial charge in [0.05, 0.1) is 11.9 Å². The number of benzene rings is 3. The minimum absolute atomic E-state index is 0.0274. The molecule has 1 aliphatic carbocycles. The van der Waals surface area contributed by atoms with Crippen LogP contribution < -0.4 is 21.1 Å². The molecule has 0 amide bonds. The maximum absolute atomic E-state index is 14.8. The van der Waals surface area contributed by atoms with Crippen LogP contribution in [0.3, 0.4) is 0 Å². The molecule has 3 aromatic rings. The number of fused-ring (bicyclic) bond motifs is 2. The summed E-state index contributed by atoms with van der Waals surface area (Å²) < 4.78 is 56.4. The third-order valence-corrected chi connectivity index (χ3v) is 9.74. The fourth-order valence-corrected chi connectivity index (χ4v) is 7.32. The minimum Gasteiger partial charge on any atom is -0.398 e. The molecule has 0 fully saturated rings. The minimum atomic E-state index is -4.43. The van der Waals surface area contributed by atoms with Gasteiger partial charge in [-0.1, -0.05) is 63.2 Å². The van der Waals surface area contributed by atoms with Crippen molar-refractivity contribution in [1.29, 1.82) is 0 Å². The number of carbonyl (C=O) groups is 2. The number of anilines is 3. The number of ketones is 2. The summed E-state index contributed by atoms with van der Waals surface area (Å²) in [6.45, 7) is 6.39. The third kappa shape index (κ3) is 6.12.